The summed E-state index contributed by atoms with van der Waals surface area (Å²) in [6.45, 7) is 8.18. The molecule has 1 aromatic rings. The maximum atomic E-state index is 3.86. The molecule has 2 nitrogen and oxygen atoms in total. The van der Waals surface area contributed by atoms with E-state index in [9.17, 15) is 0 Å². The highest BCUT2D eigenvalue weighted by Gasteiger charge is 2.37. The molecule has 0 bridgehead atoms. The van der Waals surface area contributed by atoms with Crippen LogP contribution in [0.25, 0.3) is 0 Å². The van der Waals surface area contributed by atoms with E-state index in [1.807, 2.05) is 0 Å². The Kier molecular flexibility index (Phi) is 4.13. The van der Waals surface area contributed by atoms with E-state index in [4.69, 9.17) is 0 Å². The fraction of sp³-hybridized carbons (Fsp3) is 0.667. The number of aryl methyl sites for hydroxylation is 1. The standard InChI is InChI=1S/C18H28N2/c1-15-6-8-17(9-7-15)16(2)20-13-5-12-19-18(14-20)10-3-4-11-18/h6-9,16,19H,3-5,10-14H2,1-2H3. The SMILES string of the molecule is Cc1ccc(C(C)N2CCCNC3(CCCC3)C2)cc1. The van der Waals surface area contributed by atoms with Gasteiger partial charge in [0, 0.05) is 24.7 Å². The van der Waals surface area contributed by atoms with E-state index in [0.29, 0.717) is 11.6 Å². The minimum atomic E-state index is 0.412. The molecule has 3 rings (SSSR count). The van der Waals surface area contributed by atoms with Crippen LogP contribution in [0.3, 0.4) is 0 Å². The first-order chi connectivity index (χ1) is 9.69. The predicted octanol–water partition coefficient (Wildman–Crippen LogP) is 3.66. The summed E-state index contributed by atoms with van der Waals surface area (Å²) in [7, 11) is 0. The van der Waals surface area contributed by atoms with Crippen molar-refractivity contribution < 1.29 is 0 Å². The second kappa shape index (κ2) is 5.87. The summed E-state index contributed by atoms with van der Waals surface area (Å²) in [5.41, 5.74) is 3.23. The molecule has 1 N–H and O–H groups in total. The van der Waals surface area contributed by atoms with Crippen molar-refractivity contribution in [2.75, 3.05) is 19.6 Å². The van der Waals surface area contributed by atoms with E-state index in [-0.39, 0.29) is 0 Å². The summed E-state index contributed by atoms with van der Waals surface area (Å²) in [6, 6.07) is 9.63. The van der Waals surface area contributed by atoms with E-state index in [1.54, 1.807) is 0 Å². The lowest BCUT2D eigenvalue weighted by Crippen LogP contribution is -2.49. The maximum absolute atomic E-state index is 3.86. The van der Waals surface area contributed by atoms with Gasteiger partial charge in [-0.15, -0.1) is 0 Å². The monoisotopic (exact) mass is 272 g/mol. The molecule has 1 saturated heterocycles. The van der Waals surface area contributed by atoms with Crippen LogP contribution in [0.15, 0.2) is 24.3 Å². The Balaban J connectivity index is 1.75. The van der Waals surface area contributed by atoms with Crippen LogP contribution in [0.4, 0.5) is 0 Å². The van der Waals surface area contributed by atoms with E-state index in [1.165, 1.54) is 62.9 Å². The minimum Gasteiger partial charge on any atom is -0.310 e. The van der Waals surface area contributed by atoms with Crippen molar-refractivity contribution in [3.05, 3.63) is 35.4 Å². The van der Waals surface area contributed by atoms with Crippen LogP contribution in [0.1, 0.15) is 56.2 Å². The second-order valence-electron chi connectivity index (χ2n) is 6.82. The Morgan fingerprint density at radius 2 is 1.80 bits per heavy atom. The number of nitrogens with one attached hydrogen (secondary N) is 1. The number of hydrogen-bond donors (Lipinski definition) is 1. The zero-order valence-electron chi connectivity index (χ0n) is 13.0. The van der Waals surface area contributed by atoms with Crippen molar-refractivity contribution in [3.8, 4) is 0 Å². The summed E-state index contributed by atoms with van der Waals surface area (Å²) < 4.78 is 0. The first kappa shape index (κ1) is 14.1. The average Bonchev–Trinajstić information content (AvgIpc) is 2.80. The topological polar surface area (TPSA) is 15.3 Å². The van der Waals surface area contributed by atoms with Crippen molar-refractivity contribution in [1.82, 2.24) is 10.2 Å². The minimum absolute atomic E-state index is 0.412. The van der Waals surface area contributed by atoms with Crippen LogP contribution in [0.5, 0.6) is 0 Å². The van der Waals surface area contributed by atoms with E-state index >= 15 is 0 Å². The van der Waals surface area contributed by atoms with Gasteiger partial charge in [-0.05, 0) is 45.2 Å². The highest BCUT2D eigenvalue weighted by Crippen LogP contribution is 2.34. The molecule has 1 heterocycles. The van der Waals surface area contributed by atoms with Gasteiger partial charge in [0.25, 0.3) is 0 Å². The highest BCUT2D eigenvalue weighted by atomic mass is 15.2. The Hall–Kier alpha value is -0.860. The summed E-state index contributed by atoms with van der Waals surface area (Å²) in [4.78, 5) is 2.70. The van der Waals surface area contributed by atoms with Gasteiger partial charge in [-0.1, -0.05) is 42.7 Å². The van der Waals surface area contributed by atoms with Crippen molar-refractivity contribution >= 4 is 0 Å². The first-order valence-corrected chi connectivity index (χ1v) is 8.24. The summed E-state index contributed by atoms with van der Waals surface area (Å²) in [6.07, 6.45) is 6.81. The third-order valence-electron chi connectivity index (χ3n) is 5.30. The molecule has 2 heteroatoms. The molecule has 1 atom stereocenters. The molecular weight excluding hydrogens is 244 g/mol. The van der Waals surface area contributed by atoms with Gasteiger partial charge in [-0.3, -0.25) is 4.90 Å². The van der Waals surface area contributed by atoms with Gasteiger partial charge in [-0.25, -0.2) is 0 Å². The first-order valence-electron chi connectivity index (χ1n) is 8.24. The molecule has 1 aliphatic carbocycles. The maximum Gasteiger partial charge on any atom is 0.0320 e. The van der Waals surface area contributed by atoms with Crippen molar-refractivity contribution in [1.29, 1.82) is 0 Å². The predicted molar refractivity (Wildman–Crippen MR) is 85.0 cm³/mol. The Labute approximate surface area is 123 Å². The summed E-state index contributed by atoms with van der Waals surface area (Å²) in [5, 5.41) is 3.86. The normalized spacial score (nSPS) is 24.7. The second-order valence-corrected chi connectivity index (χ2v) is 6.82. The lowest BCUT2D eigenvalue weighted by molar-refractivity contribution is 0.166. The molecule has 1 saturated carbocycles. The Bertz CT molecular complexity index is 431. The van der Waals surface area contributed by atoms with Gasteiger partial charge in [0.15, 0.2) is 0 Å². The molecule has 0 aromatic heterocycles. The largest absolute Gasteiger partial charge is 0.310 e. The summed E-state index contributed by atoms with van der Waals surface area (Å²) >= 11 is 0. The fourth-order valence-electron chi connectivity index (χ4n) is 3.93. The molecule has 110 valence electrons. The van der Waals surface area contributed by atoms with Crippen LogP contribution >= 0.6 is 0 Å². The highest BCUT2D eigenvalue weighted by molar-refractivity contribution is 5.24. The van der Waals surface area contributed by atoms with Crippen molar-refractivity contribution in [3.63, 3.8) is 0 Å². The lowest BCUT2D eigenvalue weighted by atomic mass is 9.95. The Morgan fingerprint density at radius 3 is 2.50 bits per heavy atom. The van der Waals surface area contributed by atoms with Crippen LogP contribution in [0, 0.1) is 6.92 Å². The zero-order chi connectivity index (χ0) is 14.0. The number of benzene rings is 1. The fourth-order valence-corrected chi connectivity index (χ4v) is 3.93. The van der Waals surface area contributed by atoms with Gasteiger partial charge in [-0.2, -0.15) is 0 Å². The van der Waals surface area contributed by atoms with Gasteiger partial charge >= 0.3 is 0 Å². The van der Waals surface area contributed by atoms with Crippen LogP contribution < -0.4 is 5.32 Å². The lowest BCUT2D eigenvalue weighted by Gasteiger charge is -2.36. The molecule has 1 aromatic carbocycles. The molecule has 20 heavy (non-hydrogen) atoms. The molecule has 1 unspecified atom stereocenters. The number of hydrogen-bond acceptors (Lipinski definition) is 2. The quantitative estimate of drug-likeness (QED) is 0.884. The van der Waals surface area contributed by atoms with Crippen molar-refractivity contribution in [2.45, 2.75) is 57.5 Å². The van der Waals surface area contributed by atoms with Crippen LogP contribution in [0.2, 0.25) is 0 Å². The van der Waals surface area contributed by atoms with Gasteiger partial charge in [0.2, 0.25) is 0 Å². The van der Waals surface area contributed by atoms with Crippen molar-refractivity contribution in [2.24, 2.45) is 0 Å². The van der Waals surface area contributed by atoms with Gasteiger partial charge < -0.3 is 5.32 Å². The molecule has 0 radical (unpaired) electrons. The van der Waals surface area contributed by atoms with Crippen LogP contribution in [-0.2, 0) is 0 Å². The molecular formula is C18H28N2. The zero-order valence-corrected chi connectivity index (χ0v) is 13.0. The van der Waals surface area contributed by atoms with Crippen LogP contribution in [-0.4, -0.2) is 30.1 Å². The van der Waals surface area contributed by atoms with E-state index < -0.39 is 0 Å². The Morgan fingerprint density at radius 1 is 1.10 bits per heavy atom. The number of rotatable bonds is 2. The van der Waals surface area contributed by atoms with E-state index in [0.717, 1.165) is 0 Å². The molecule has 2 fully saturated rings. The van der Waals surface area contributed by atoms with E-state index in [2.05, 4.69) is 48.3 Å². The third-order valence-corrected chi connectivity index (χ3v) is 5.30. The number of nitrogens with zero attached hydrogens (tertiary/aromatic N) is 1. The third kappa shape index (κ3) is 2.91. The molecule has 1 spiro atoms. The van der Waals surface area contributed by atoms with Gasteiger partial charge in [0.1, 0.15) is 0 Å². The average molecular weight is 272 g/mol. The molecule has 0 amide bonds. The smallest absolute Gasteiger partial charge is 0.0320 e. The molecule has 2 aliphatic rings. The van der Waals surface area contributed by atoms with Gasteiger partial charge in [0.05, 0.1) is 0 Å². The molecule has 1 aliphatic heterocycles. The summed E-state index contributed by atoms with van der Waals surface area (Å²) in [5.74, 6) is 0.